The zero-order valence-corrected chi connectivity index (χ0v) is 17.6. The van der Waals surface area contributed by atoms with Crippen molar-refractivity contribution >= 4 is 34.6 Å². The summed E-state index contributed by atoms with van der Waals surface area (Å²) in [6.45, 7) is 6.64. The summed E-state index contributed by atoms with van der Waals surface area (Å²) in [7, 11) is 3.21. The second kappa shape index (κ2) is 8.52. The van der Waals surface area contributed by atoms with Gasteiger partial charge in [-0.05, 0) is 74.0 Å². The Bertz CT molecular complexity index is 966. The molecule has 0 bridgehead atoms. The van der Waals surface area contributed by atoms with Crippen LogP contribution in [0, 0.1) is 13.8 Å². The first-order valence-corrected chi connectivity index (χ1v) is 9.87. The number of ether oxygens (including phenoxy) is 2. The number of aryl methyl sites for hydroxylation is 2. The van der Waals surface area contributed by atoms with Gasteiger partial charge in [0.1, 0.15) is 11.5 Å². The molecule has 5 nitrogen and oxygen atoms in total. The van der Waals surface area contributed by atoms with Crippen LogP contribution in [0.15, 0.2) is 46.3 Å². The second-order valence-corrected chi connectivity index (χ2v) is 7.44. The molecular formula is C22H24N2O3S. The summed E-state index contributed by atoms with van der Waals surface area (Å²) in [6, 6.07) is 11.6. The molecule has 0 N–H and O–H groups in total. The number of amides is 1. The van der Waals surface area contributed by atoms with Crippen molar-refractivity contribution in [1.29, 1.82) is 0 Å². The number of benzene rings is 2. The van der Waals surface area contributed by atoms with Crippen molar-refractivity contribution in [3.05, 3.63) is 58.0 Å². The Labute approximate surface area is 170 Å². The molecule has 6 heteroatoms. The molecule has 0 spiro atoms. The summed E-state index contributed by atoms with van der Waals surface area (Å²) in [5.74, 6) is 1.31. The molecule has 0 atom stereocenters. The number of likely N-dealkylation sites (N-methyl/N-ethyl adjacent to an activating group) is 1. The zero-order valence-electron chi connectivity index (χ0n) is 16.8. The Morgan fingerprint density at radius 2 is 1.86 bits per heavy atom. The van der Waals surface area contributed by atoms with Crippen molar-refractivity contribution in [3.63, 3.8) is 0 Å². The van der Waals surface area contributed by atoms with Crippen LogP contribution in [0.4, 0.5) is 5.69 Å². The van der Waals surface area contributed by atoms with E-state index in [0.717, 1.165) is 11.3 Å². The summed E-state index contributed by atoms with van der Waals surface area (Å²) < 4.78 is 10.7. The maximum atomic E-state index is 12.9. The highest BCUT2D eigenvalue weighted by Gasteiger charge is 2.32. The van der Waals surface area contributed by atoms with Gasteiger partial charge in [0, 0.05) is 18.2 Å². The molecule has 1 aliphatic rings. The van der Waals surface area contributed by atoms with Crippen LogP contribution in [0.25, 0.3) is 6.08 Å². The lowest BCUT2D eigenvalue weighted by Crippen LogP contribution is -2.28. The first-order chi connectivity index (χ1) is 13.5. The summed E-state index contributed by atoms with van der Waals surface area (Å²) in [4.78, 5) is 19.9. The number of hydrogen-bond acceptors (Lipinski definition) is 5. The number of carbonyl (C=O) groups is 1. The second-order valence-electron chi connectivity index (χ2n) is 6.43. The first kappa shape index (κ1) is 20.0. The highest BCUT2D eigenvalue weighted by molar-refractivity contribution is 8.18. The fraction of sp³-hybridized carbons (Fsp3) is 0.273. The highest BCUT2D eigenvalue weighted by atomic mass is 32.2. The van der Waals surface area contributed by atoms with Crippen LogP contribution in [0.1, 0.15) is 23.6 Å². The van der Waals surface area contributed by atoms with E-state index < -0.39 is 0 Å². The van der Waals surface area contributed by atoms with Crippen LogP contribution < -0.4 is 9.47 Å². The van der Waals surface area contributed by atoms with Crippen molar-refractivity contribution in [3.8, 4) is 11.5 Å². The van der Waals surface area contributed by atoms with Gasteiger partial charge in [-0.25, -0.2) is 4.99 Å². The largest absolute Gasteiger partial charge is 0.497 e. The van der Waals surface area contributed by atoms with Gasteiger partial charge >= 0.3 is 0 Å². The maximum absolute atomic E-state index is 12.9. The number of carbonyl (C=O) groups excluding carboxylic acids is 1. The van der Waals surface area contributed by atoms with E-state index in [4.69, 9.17) is 14.5 Å². The Hall–Kier alpha value is -2.73. The van der Waals surface area contributed by atoms with Gasteiger partial charge in [0.25, 0.3) is 5.91 Å². The quantitative estimate of drug-likeness (QED) is 0.672. The van der Waals surface area contributed by atoms with Gasteiger partial charge in [-0.2, -0.15) is 0 Å². The van der Waals surface area contributed by atoms with Gasteiger partial charge in [0.15, 0.2) is 5.17 Å². The van der Waals surface area contributed by atoms with Gasteiger partial charge in [-0.1, -0.05) is 6.07 Å². The highest BCUT2D eigenvalue weighted by Crippen LogP contribution is 2.36. The summed E-state index contributed by atoms with van der Waals surface area (Å²) >= 11 is 1.38. The Balaban J connectivity index is 1.96. The van der Waals surface area contributed by atoms with E-state index in [1.807, 2.05) is 43.3 Å². The lowest BCUT2D eigenvalue weighted by molar-refractivity contribution is -0.122. The fourth-order valence-corrected chi connectivity index (χ4v) is 3.91. The normalized spacial score (nSPS) is 16.9. The van der Waals surface area contributed by atoms with E-state index in [1.165, 1.54) is 22.9 Å². The van der Waals surface area contributed by atoms with E-state index in [9.17, 15) is 4.79 Å². The maximum Gasteiger partial charge on any atom is 0.266 e. The average Bonchev–Trinajstić information content (AvgIpc) is 2.99. The number of methoxy groups -OCH3 is 2. The minimum atomic E-state index is -0.0482. The van der Waals surface area contributed by atoms with Gasteiger partial charge in [-0.15, -0.1) is 0 Å². The van der Waals surface area contributed by atoms with Crippen LogP contribution in [0.5, 0.6) is 11.5 Å². The van der Waals surface area contributed by atoms with Crippen LogP contribution in [-0.2, 0) is 4.79 Å². The Morgan fingerprint density at radius 3 is 2.50 bits per heavy atom. The minimum absolute atomic E-state index is 0.0482. The molecule has 1 amide bonds. The van der Waals surface area contributed by atoms with Gasteiger partial charge in [-0.3, -0.25) is 9.69 Å². The van der Waals surface area contributed by atoms with Gasteiger partial charge in [0.05, 0.1) is 24.8 Å². The molecule has 0 radical (unpaired) electrons. The topological polar surface area (TPSA) is 51.1 Å². The molecule has 146 valence electrons. The number of rotatable bonds is 5. The standard InChI is InChI=1S/C22H24N2O3S/c1-6-24-21(25)20(12-16-8-10-18(26-4)13-19(16)27-5)28-22(24)23-17-9-7-14(2)15(3)11-17/h7-13H,6H2,1-5H3. The van der Waals surface area contributed by atoms with E-state index in [0.29, 0.717) is 28.1 Å². The number of nitrogens with zero attached hydrogens (tertiary/aromatic N) is 2. The van der Waals surface area contributed by atoms with E-state index in [-0.39, 0.29) is 5.91 Å². The molecule has 28 heavy (non-hydrogen) atoms. The third kappa shape index (κ3) is 4.07. The van der Waals surface area contributed by atoms with E-state index in [1.54, 1.807) is 25.2 Å². The predicted octanol–water partition coefficient (Wildman–Crippen LogP) is 4.94. The number of aliphatic imine (C=N–C) groups is 1. The van der Waals surface area contributed by atoms with Crippen LogP contribution in [0.2, 0.25) is 0 Å². The average molecular weight is 397 g/mol. The SMILES string of the molecule is CCN1C(=O)C(=Cc2ccc(OC)cc2OC)SC1=Nc1ccc(C)c(C)c1. The lowest BCUT2D eigenvalue weighted by Gasteiger charge is -2.12. The lowest BCUT2D eigenvalue weighted by atomic mass is 10.1. The minimum Gasteiger partial charge on any atom is -0.497 e. The molecule has 0 aliphatic carbocycles. The Kier molecular flexibility index (Phi) is 6.09. The summed E-state index contributed by atoms with van der Waals surface area (Å²) in [6.07, 6.45) is 1.84. The molecule has 1 aliphatic heterocycles. The fourth-order valence-electron chi connectivity index (χ4n) is 2.85. The zero-order chi connectivity index (χ0) is 20.3. The molecular weight excluding hydrogens is 372 g/mol. The molecule has 2 aromatic carbocycles. The van der Waals surface area contributed by atoms with Gasteiger partial charge in [0.2, 0.25) is 0 Å². The number of amidine groups is 1. The third-order valence-corrected chi connectivity index (χ3v) is 5.65. The molecule has 3 rings (SSSR count). The van der Waals surface area contributed by atoms with Crippen molar-refractivity contribution < 1.29 is 14.3 Å². The van der Waals surface area contributed by atoms with Crippen molar-refractivity contribution in [2.75, 3.05) is 20.8 Å². The monoisotopic (exact) mass is 396 g/mol. The summed E-state index contributed by atoms with van der Waals surface area (Å²) in [5.41, 5.74) is 4.07. The Morgan fingerprint density at radius 1 is 1.07 bits per heavy atom. The molecule has 1 heterocycles. The smallest absolute Gasteiger partial charge is 0.266 e. The molecule has 0 aromatic heterocycles. The first-order valence-electron chi connectivity index (χ1n) is 9.06. The summed E-state index contributed by atoms with van der Waals surface area (Å²) in [5, 5.41) is 0.689. The molecule has 0 saturated carbocycles. The number of thioether (sulfide) groups is 1. The van der Waals surface area contributed by atoms with Crippen molar-refractivity contribution in [2.45, 2.75) is 20.8 Å². The van der Waals surface area contributed by atoms with Crippen molar-refractivity contribution in [2.24, 2.45) is 4.99 Å². The number of hydrogen-bond donors (Lipinski definition) is 0. The predicted molar refractivity (Wildman–Crippen MR) is 116 cm³/mol. The molecule has 2 aromatic rings. The van der Waals surface area contributed by atoms with Crippen LogP contribution in [0.3, 0.4) is 0 Å². The van der Waals surface area contributed by atoms with Gasteiger partial charge < -0.3 is 9.47 Å². The van der Waals surface area contributed by atoms with Crippen LogP contribution in [-0.4, -0.2) is 36.7 Å². The van der Waals surface area contributed by atoms with Crippen LogP contribution >= 0.6 is 11.8 Å². The van der Waals surface area contributed by atoms with E-state index in [2.05, 4.69) is 13.8 Å². The third-order valence-electron chi connectivity index (χ3n) is 4.65. The molecule has 0 unspecified atom stereocenters. The molecule has 1 saturated heterocycles. The van der Waals surface area contributed by atoms with Crippen molar-refractivity contribution in [1.82, 2.24) is 4.90 Å². The van der Waals surface area contributed by atoms with E-state index >= 15 is 0 Å². The molecule has 1 fully saturated rings.